The van der Waals surface area contributed by atoms with Crippen molar-refractivity contribution in [2.24, 2.45) is 16.8 Å². The van der Waals surface area contributed by atoms with E-state index in [1.54, 1.807) is 0 Å². The van der Waals surface area contributed by atoms with Crippen LogP contribution < -0.4 is 5.32 Å². The second kappa shape index (κ2) is 9.28. The molecule has 3 atom stereocenters. The zero-order valence-corrected chi connectivity index (χ0v) is 16.1. The molecule has 2 aliphatic rings. The SMILES string of the molecule is CCNC(=NCCC(CC)N1CCCC1=O)N1CC(C)CC(C)C1. The summed E-state index contributed by atoms with van der Waals surface area (Å²) in [5.41, 5.74) is 0. The number of aliphatic imine (C=N–C) groups is 1. The number of rotatable bonds is 6. The van der Waals surface area contributed by atoms with Crippen LogP contribution in [0.25, 0.3) is 0 Å². The van der Waals surface area contributed by atoms with Crippen LogP contribution in [-0.4, -0.2) is 60.4 Å². The van der Waals surface area contributed by atoms with Crippen molar-refractivity contribution < 1.29 is 4.79 Å². The first-order valence-electron chi connectivity index (χ1n) is 9.87. The summed E-state index contributed by atoms with van der Waals surface area (Å²) in [6.45, 7) is 13.8. The van der Waals surface area contributed by atoms with Crippen molar-refractivity contribution in [3.05, 3.63) is 0 Å². The van der Waals surface area contributed by atoms with E-state index < -0.39 is 0 Å². The number of nitrogens with zero attached hydrogens (tertiary/aromatic N) is 3. The van der Waals surface area contributed by atoms with E-state index in [0.29, 0.717) is 11.9 Å². The Labute approximate surface area is 147 Å². The Bertz CT molecular complexity index is 427. The van der Waals surface area contributed by atoms with Crippen LogP contribution in [0.5, 0.6) is 0 Å². The highest BCUT2D eigenvalue weighted by molar-refractivity contribution is 5.80. The summed E-state index contributed by atoms with van der Waals surface area (Å²) in [4.78, 5) is 21.3. The van der Waals surface area contributed by atoms with E-state index in [-0.39, 0.29) is 0 Å². The summed E-state index contributed by atoms with van der Waals surface area (Å²) in [5, 5.41) is 3.46. The van der Waals surface area contributed by atoms with Crippen LogP contribution in [0.1, 0.15) is 59.8 Å². The second-order valence-electron chi connectivity index (χ2n) is 7.63. The van der Waals surface area contributed by atoms with Crippen LogP contribution in [0.3, 0.4) is 0 Å². The van der Waals surface area contributed by atoms with Gasteiger partial charge >= 0.3 is 0 Å². The van der Waals surface area contributed by atoms with Crippen LogP contribution in [0.2, 0.25) is 0 Å². The maximum Gasteiger partial charge on any atom is 0.222 e. The number of nitrogens with one attached hydrogen (secondary N) is 1. The third-order valence-corrected chi connectivity index (χ3v) is 5.25. The zero-order chi connectivity index (χ0) is 17.5. The van der Waals surface area contributed by atoms with Crippen molar-refractivity contribution in [3.63, 3.8) is 0 Å². The van der Waals surface area contributed by atoms with Crippen LogP contribution in [0, 0.1) is 11.8 Å². The molecule has 5 nitrogen and oxygen atoms in total. The molecule has 2 heterocycles. The molecule has 0 spiro atoms. The number of piperidine rings is 1. The Morgan fingerprint density at radius 3 is 2.54 bits per heavy atom. The molecule has 1 N–H and O–H groups in total. The highest BCUT2D eigenvalue weighted by Gasteiger charge is 2.27. The van der Waals surface area contributed by atoms with Crippen molar-refractivity contribution in [1.29, 1.82) is 0 Å². The van der Waals surface area contributed by atoms with Gasteiger partial charge in [0.2, 0.25) is 5.91 Å². The first-order valence-corrected chi connectivity index (χ1v) is 9.87. The molecule has 2 aliphatic heterocycles. The lowest BCUT2D eigenvalue weighted by Crippen LogP contribution is -2.48. The van der Waals surface area contributed by atoms with Crippen LogP contribution in [-0.2, 0) is 4.79 Å². The van der Waals surface area contributed by atoms with Crippen LogP contribution in [0.4, 0.5) is 0 Å². The van der Waals surface area contributed by atoms with E-state index in [2.05, 4.69) is 42.8 Å². The second-order valence-corrected chi connectivity index (χ2v) is 7.63. The summed E-state index contributed by atoms with van der Waals surface area (Å²) < 4.78 is 0. The minimum atomic E-state index is 0.330. The minimum Gasteiger partial charge on any atom is -0.357 e. The maximum absolute atomic E-state index is 12.0. The van der Waals surface area contributed by atoms with Crippen molar-refractivity contribution in [2.45, 2.75) is 65.8 Å². The van der Waals surface area contributed by atoms with Gasteiger partial charge in [0.05, 0.1) is 0 Å². The molecule has 0 aliphatic carbocycles. The van der Waals surface area contributed by atoms with Crippen molar-refractivity contribution in [1.82, 2.24) is 15.1 Å². The van der Waals surface area contributed by atoms with E-state index in [9.17, 15) is 4.79 Å². The zero-order valence-electron chi connectivity index (χ0n) is 16.1. The average Bonchev–Trinajstić information content (AvgIpc) is 2.95. The molecule has 5 heteroatoms. The Hall–Kier alpha value is -1.26. The Balaban J connectivity index is 1.93. The average molecular weight is 337 g/mol. The van der Waals surface area contributed by atoms with Gasteiger partial charge in [0.25, 0.3) is 0 Å². The first kappa shape index (κ1) is 19.1. The molecule has 2 rings (SSSR count). The van der Waals surface area contributed by atoms with Gasteiger partial charge in [0, 0.05) is 45.2 Å². The lowest BCUT2D eigenvalue weighted by atomic mass is 9.92. The highest BCUT2D eigenvalue weighted by Crippen LogP contribution is 2.21. The lowest BCUT2D eigenvalue weighted by molar-refractivity contribution is -0.129. The number of carbonyl (C=O) groups is 1. The molecule has 1 amide bonds. The van der Waals surface area contributed by atoms with Gasteiger partial charge in [-0.3, -0.25) is 9.79 Å². The number of carbonyl (C=O) groups excluding carboxylic acids is 1. The summed E-state index contributed by atoms with van der Waals surface area (Å²) in [6.07, 6.45) is 5.05. The normalized spacial score (nSPS) is 26.8. The van der Waals surface area contributed by atoms with Gasteiger partial charge in [-0.25, -0.2) is 0 Å². The minimum absolute atomic E-state index is 0.330. The monoisotopic (exact) mass is 336 g/mol. The van der Waals surface area contributed by atoms with E-state index in [4.69, 9.17) is 4.99 Å². The summed E-state index contributed by atoms with van der Waals surface area (Å²) in [7, 11) is 0. The van der Waals surface area contributed by atoms with E-state index in [0.717, 1.165) is 76.2 Å². The van der Waals surface area contributed by atoms with Crippen molar-refractivity contribution >= 4 is 11.9 Å². The van der Waals surface area contributed by atoms with Gasteiger partial charge in [0.15, 0.2) is 5.96 Å². The fourth-order valence-corrected chi connectivity index (χ4v) is 4.22. The smallest absolute Gasteiger partial charge is 0.222 e. The fraction of sp³-hybridized carbons (Fsp3) is 0.895. The molecule has 24 heavy (non-hydrogen) atoms. The number of guanidine groups is 1. The molecule has 138 valence electrons. The quantitative estimate of drug-likeness (QED) is 0.599. The van der Waals surface area contributed by atoms with E-state index in [1.807, 2.05) is 0 Å². The molecular formula is C19H36N4O. The molecule has 0 bridgehead atoms. The summed E-state index contributed by atoms with van der Waals surface area (Å²) in [5.74, 6) is 2.83. The molecule has 2 saturated heterocycles. The van der Waals surface area contributed by atoms with Gasteiger partial charge in [-0.05, 0) is 44.4 Å². The largest absolute Gasteiger partial charge is 0.357 e. The molecule has 3 unspecified atom stereocenters. The van der Waals surface area contributed by atoms with E-state index in [1.165, 1.54) is 6.42 Å². The maximum atomic E-state index is 12.0. The summed E-state index contributed by atoms with van der Waals surface area (Å²) >= 11 is 0. The summed E-state index contributed by atoms with van der Waals surface area (Å²) in [6, 6.07) is 0.353. The number of likely N-dealkylation sites (tertiary alicyclic amines) is 2. The number of amides is 1. The van der Waals surface area contributed by atoms with Gasteiger partial charge in [-0.2, -0.15) is 0 Å². The highest BCUT2D eigenvalue weighted by atomic mass is 16.2. The molecular weight excluding hydrogens is 300 g/mol. The van der Waals surface area contributed by atoms with Crippen LogP contribution in [0.15, 0.2) is 4.99 Å². The molecule has 0 aromatic heterocycles. The molecule has 0 aromatic carbocycles. The Kier molecular flexibility index (Phi) is 7.38. The number of hydrogen-bond acceptors (Lipinski definition) is 2. The van der Waals surface area contributed by atoms with E-state index >= 15 is 0 Å². The van der Waals surface area contributed by atoms with Crippen molar-refractivity contribution in [2.75, 3.05) is 32.7 Å². The van der Waals surface area contributed by atoms with Gasteiger partial charge < -0.3 is 15.1 Å². The standard InChI is InChI=1S/C19H36N4O/c1-5-17(23-11-7-8-18(23)24)9-10-21-19(20-6-2)22-13-15(3)12-16(4)14-22/h15-17H,5-14H2,1-4H3,(H,20,21). The predicted molar refractivity (Wildman–Crippen MR) is 100 cm³/mol. The molecule has 0 radical (unpaired) electrons. The Morgan fingerprint density at radius 2 is 2.00 bits per heavy atom. The molecule has 2 fully saturated rings. The molecule has 0 saturated carbocycles. The first-order chi connectivity index (χ1) is 11.5. The third kappa shape index (κ3) is 5.12. The lowest BCUT2D eigenvalue weighted by Gasteiger charge is -2.37. The van der Waals surface area contributed by atoms with Gasteiger partial charge in [-0.15, -0.1) is 0 Å². The molecule has 0 aromatic rings. The van der Waals surface area contributed by atoms with Crippen molar-refractivity contribution in [3.8, 4) is 0 Å². The topological polar surface area (TPSA) is 47.9 Å². The third-order valence-electron chi connectivity index (χ3n) is 5.25. The fourth-order valence-electron chi connectivity index (χ4n) is 4.22. The Morgan fingerprint density at radius 1 is 1.29 bits per heavy atom. The number of hydrogen-bond donors (Lipinski definition) is 1. The predicted octanol–water partition coefficient (Wildman–Crippen LogP) is 2.72. The van der Waals surface area contributed by atoms with Crippen LogP contribution >= 0.6 is 0 Å². The van der Waals surface area contributed by atoms with Gasteiger partial charge in [-0.1, -0.05) is 20.8 Å². The van der Waals surface area contributed by atoms with Gasteiger partial charge in [0.1, 0.15) is 0 Å².